The minimum atomic E-state index is 0.558. The normalized spacial score (nSPS) is 12.2. The molecule has 9 aromatic carbocycles. The van der Waals surface area contributed by atoms with Gasteiger partial charge in [0.2, 0.25) is 0 Å². The van der Waals surface area contributed by atoms with Gasteiger partial charge in [0.25, 0.3) is 0 Å². The molecule has 14 rings (SSSR count). The summed E-state index contributed by atoms with van der Waals surface area (Å²) in [6.07, 6.45) is 0. The molecule has 0 spiro atoms. The summed E-state index contributed by atoms with van der Waals surface area (Å²) in [6, 6.07) is 63.9. The summed E-state index contributed by atoms with van der Waals surface area (Å²) in [7, 11) is 0. The molecule has 5 aromatic heterocycles. The summed E-state index contributed by atoms with van der Waals surface area (Å²) in [5.74, 6) is 1.71. The molecule has 62 heavy (non-hydrogen) atoms. The van der Waals surface area contributed by atoms with Gasteiger partial charge in [-0.3, -0.25) is 0 Å². The second kappa shape index (κ2) is 12.7. The zero-order valence-corrected chi connectivity index (χ0v) is 33.7. The fraction of sp³-hybridized carbons (Fsp3) is 0. The maximum Gasteiger partial charge on any atom is 0.164 e. The fourth-order valence-corrected chi connectivity index (χ4v) is 10.8. The lowest BCUT2D eigenvalue weighted by molar-refractivity contribution is 0.668. The van der Waals surface area contributed by atoms with Gasteiger partial charge in [-0.2, -0.15) is 0 Å². The summed E-state index contributed by atoms with van der Waals surface area (Å²) in [5, 5.41) is 11.4. The number of nitrogens with zero attached hydrogens (tertiary/aromatic N) is 4. The van der Waals surface area contributed by atoms with E-state index >= 15 is 0 Å². The van der Waals surface area contributed by atoms with Gasteiger partial charge in [-0.15, -0.1) is 11.3 Å². The monoisotopic (exact) mass is 810 g/mol. The average Bonchev–Trinajstić information content (AvgIpc) is 4.09. The number of furan rings is 2. The Morgan fingerprint density at radius 1 is 0.387 bits per heavy atom. The van der Waals surface area contributed by atoms with E-state index in [1.54, 1.807) is 0 Å². The van der Waals surface area contributed by atoms with Gasteiger partial charge in [-0.1, -0.05) is 109 Å². The van der Waals surface area contributed by atoms with E-state index in [2.05, 4.69) is 138 Å². The lowest BCUT2D eigenvalue weighted by Crippen LogP contribution is -2.01. The van der Waals surface area contributed by atoms with Crippen LogP contribution >= 0.6 is 11.3 Å². The number of benzene rings is 9. The molecule has 6 nitrogen and oxygen atoms in total. The van der Waals surface area contributed by atoms with Crippen LogP contribution in [0, 0.1) is 0 Å². The number of rotatable bonds is 4. The Balaban J connectivity index is 1.04. The Morgan fingerprint density at radius 3 is 1.63 bits per heavy atom. The molecule has 0 aliphatic rings. The van der Waals surface area contributed by atoms with E-state index in [-0.39, 0.29) is 0 Å². The number of hydrogen-bond donors (Lipinski definition) is 0. The van der Waals surface area contributed by atoms with Crippen LogP contribution in [-0.4, -0.2) is 19.5 Å². The molecule has 288 valence electrons. The highest BCUT2D eigenvalue weighted by Crippen LogP contribution is 2.45. The molecule has 0 unspecified atom stereocenters. The first-order chi connectivity index (χ1) is 30.7. The van der Waals surface area contributed by atoms with Crippen LogP contribution < -0.4 is 0 Å². The smallest absolute Gasteiger partial charge is 0.164 e. The average molecular weight is 811 g/mol. The Labute approximate surface area is 356 Å². The zero-order valence-electron chi connectivity index (χ0n) is 32.8. The third kappa shape index (κ3) is 4.88. The van der Waals surface area contributed by atoms with Gasteiger partial charge in [0, 0.05) is 64.5 Å². The van der Waals surface area contributed by atoms with Gasteiger partial charge in [0.15, 0.2) is 17.5 Å². The maximum atomic E-state index is 6.37. The second-order valence-corrected chi connectivity index (χ2v) is 17.0. The van der Waals surface area contributed by atoms with Gasteiger partial charge in [-0.05, 0) is 83.6 Å². The number of aromatic nitrogens is 4. The van der Waals surface area contributed by atoms with Crippen molar-refractivity contribution < 1.29 is 8.83 Å². The van der Waals surface area contributed by atoms with Crippen molar-refractivity contribution >= 4 is 108 Å². The molecule has 0 atom stereocenters. The Hall–Kier alpha value is -8.13. The maximum absolute atomic E-state index is 6.37. The second-order valence-electron chi connectivity index (χ2n) is 15.9. The van der Waals surface area contributed by atoms with Crippen molar-refractivity contribution in [2.24, 2.45) is 0 Å². The topological polar surface area (TPSA) is 69.9 Å². The number of hydrogen-bond acceptors (Lipinski definition) is 6. The van der Waals surface area contributed by atoms with Gasteiger partial charge >= 0.3 is 0 Å². The SMILES string of the molecule is c1ccc2cc3c(cc2c1)c1ccccc1n3-c1ccc(-c2nc(-c3ccc4c(c3)oc3ccccc34)nc(-c3ccc4c(c3)oc3ccccc34)n2)c2c1sc1ccccc12. The molecular formula is C55H30N4O2S. The minimum Gasteiger partial charge on any atom is -0.456 e. The molecule has 0 aliphatic carbocycles. The first-order valence-corrected chi connectivity index (χ1v) is 21.5. The van der Waals surface area contributed by atoms with Gasteiger partial charge in [-0.25, -0.2) is 15.0 Å². The molecule has 7 heteroatoms. The van der Waals surface area contributed by atoms with E-state index in [0.717, 1.165) is 87.2 Å². The van der Waals surface area contributed by atoms with Crippen LogP contribution in [0.4, 0.5) is 0 Å². The quantitative estimate of drug-likeness (QED) is 0.177. The highest BCUT2D eigenvalue weighted by Gasteiger charge is 2.23. The molecule has 0 fully saturated rings. The van der Waals surface area contributed by atoms with E-state index in [4.69, 9.17) is 23.8 Å². The van der Waals surface area contributed by atoms with Gasteiger partial charge < -0.3 is 13.4 Å². The third-order valence-corrected chi connectivity index (χ3v) is 13.6. The molecule has 0 saturated heterocycles. The van der Waals surface area contributed by atoms with Crippen LogP contribution in [0.5, 0.6) is 0 Å². The van der Waals surface area contributed by atoms with Crippen LogP contribution in [0.2, 0.25) is 0 Å². The fourth-order valence-electron chi connectivity index (χ4n) is 9.58. The molecule has 0 saturated carbocycles. The van der Waals surface area contributed by atoms with Crippen molar-refractivity contribution in [2.75, 3.05) is 0 Å². The molecule has 0 radical (unpaired) electrons. The lowest BCUT2D eigenvalue weighted by Gasteiger charge is -2.13. The molecule has 0 N–H and O–H groups in total. The van der Waals surface area contributed by atoms with E-state index < -0.39 is 0 Å². The highest BCUT2D eigenvalue weighted by molar-refractivity contribution is 7.26. The summed E-state index contributed by atoms with van der Waals surface area (Å²) in [5.41, 5.74) is 9.32. The zero-order chi connectivity index (χ0) is 40.5. The van der Waals surface area contributed by atoms with Crippen LogP contribution in [0.15, 0.2) is 191 Å². The number of fused-ring (bicyclic) bond motifs is 13. The van der Waals surface area contributed by atoms with Crippen molar-refractivity contribution in [1.29, 1.82) is 0 Å². The molecule has 14 aromatic rings. The lowest BCUT2D eigenvalue weighted by atomic mass is 10.0. The molecule has 5 heterocycles. The summed E-state index contributed by atoms with van der Waals surface area (Å²) < 4.78 is 17.5. The predicted octanol–water partition coefficient (Wildman–Crippen LogP) is 15.3. The molecule has 0 amide bonds. The van der Waals surface area contributed by atoms with Crippen LogP contribution in [-0.2, 0) is 0 Å². The number of para-hydroxylation sites is 3. The Morgan fingerprint density at radius 2 is 0.935 bits per heavy atom. The molecule has 0 aliphatic heterocycles. The summed E-state index contributed by atoms with van der Waals surface area (Å²) in [4.78, 5) is 15.9. The van der Waals surface area contributed by atoms with Crippen LogP contribution in [0.1, 0.15) is 0 Å². The van der Waals surface area contributed by atoms with Crippen molar-refractivity contribution in [3.63, 3.8) is 0 Å². The first kappa shape index (κ1) is 33.7. The van der Waals surface area contributed by atoms with Crippen molar-refractivity contribution in [3.05, 3.63) is 182 Å². The Kier molecular flexibility index (Phi) is 6.89. The third-order valence-electron chi connectivity index (χ3n) is 12.4. The van der Waals surface area contributed by atoms with E-state index in [1.807, 2.05) is 59.9 Å². The van der Waals surface area contributed by atoms with Crippen molar-refractivity contribution in [3.8, 4) is 39.9 Å². The minimum absolute atomic E-state index is 0.558. The molecule has 0 bridgehead atoms. The van der Waals surface area contributed by atoms with Crippen molar-refractivity contribution in [2.45, 2.75) is 0 Å². The van der Waals surface area contributed by atoms with E-state index in [1.165, 1.54) is 31.8 Å². The van der Waals surface area contributed by atoms with Gasteiger partial charge in [0.1, 0.15) is 22.3 Å². The van der Waals surface area contributed by atoms with E-state index in [0.29, 0.717) is 17.5 Å². The van der Waals surface area contributed by atoms with Crippen LogP contribution in [0.3, 0.4) is 0 Å². The van der Waals surface area contributed by atoms with E-state index in [9.17, 15) is 0 Å². The van der Waals surface area contributed by atoms with Crippen molar-refractivity contribution in [1.82, 2.24) is 19.5 Å². The van der Waals surface area contributed by atoms with Crippen LogP contribution in [0.25, 0.3) is 136 Å². The number of thiophene rings is 1. The molecular weight excluding hydrogens is 781 g/mol. The first-order valence-electron chi connectivity index (χ1n) is 20.7. The van der Waals surface area contributed by atoms with Gasteiger partial charge in [0.05, 0.1) is 21.4 Å². The highest BCUT2D eigenvalue weighted by atomic mass is 32.1. The standard InChI is InChI=1S/C55H30N4O2S/c1-2-12-32-28-45-42(27-31(32)11-1)35-13-3-7-17-43(35)59(45)44-26-25-41(51-40-16-6-10-20-50(40)62-52(44)51)55-57-53(33-21-23-38-36-14-4-8-18-46(36)60-48(38)29-33)56-54(58-55)34-22-24-39-37-15-5-9-19-47(37)61-49(39)30-34/h1-30H. The summed E-state index contributed by atoms with van der Waals surface area (Å²) >= 11 is 1.81. The largest absolute Gasteiger partial charge is 0.456 e. The Bertz CT molecular complexity index is 4060. The summed E-state index contributed by atoms with van der Waals surface area (Å²) in [6.45, 7) is 0. The predicted molar refractivity (Wildman–Crippen MR) is 255 cm³/mol.